The number of hydrogen-bond donors (Lipinski definition) is 2. The fourth-order valence-corrected chi connectivity index (χ4v) is 2.83. The molecule has 0 saturated heterocycles. The summed E-state index contributed by atoms with van der Waals surface area (Å²) in [5.41, 5.74) is 3.94. The number of anilines is 1. The molecule has 2 N–H and O–H groups in total. The van der Waals surface area contributed by atoms with Crippen LogP contribution in [-0.2, 0) is 4.79 Å². The van der Waals surface area contributed by atoms with Crippen LogP contribution < -0.4 is 5.32 Å². The molecule has 0 aliphatic heterocycles. The van der Waals surface area contributed by atoms with Crippen LogP contribution in [0.1, 0.15) is 36.1 Å². The van der Waals surface area contributed by atoms with Gasteiger partial charge in [0.15, 0.2) is 0 Å². The molecule has 0 radical (unpaired) electrons. The Morgan fingerprint density at radius 2 is 1.84 bits per heavy atom. The second kappa shape index (κ2) is 8.79. The van der Waals surface area contributed by atoms with Crippen molar-refractivity contribution in [3.8, 4) is 0 Å². The Morgan fingerprint density at radius 1 is 1.16 bits per heavy atom. The van der Waals surface area contributed by atoms with Gasteiger partial charge in [-0.15, -0.1) is 0 Å². The fourth-order valence-electron chi connectivity index (χ4n) is 2.83. The molecule has 0 aromatic heterocycles. The molecule has 0 spiro atoms. The Bertz CT molecular complexity index is 698. The summed E-state index contributed by atoms with van der Waals surface area (Å²) in [6.07, 6.45) is 0.234. The first kappa shape index (κ1) is 19.2. The van der Waals surface area contributed by atoms with E-state index >= 15 is 0 Å². The zero-order valence-electron chi connectivity index (χ0n) is 15.5. The minimum Gasteiger partial charge on any atom is -0.393 e. The molecule has 0 saturated carbocycles. The highest BCUT2D eigenvalue weighted by Gasteiger charge is 2.25. The summed E-state index contributed by atoms with van der Waals surface area (Å²) in [6.45, 7) is 6.40. The smallest absolute Gasteiger partial charge is 0.246 e. The Morgan fingerprint density at radius 3 is 2.48 bits per heavy atom. The maximum Gasteiger partial charge on any atom is 0.246 e. The molecule has 2 atom stereocenters. The lowest BCUT2D eigenvalue weighted by Gasteiger charge is -2.28. The predicted molar refractivity (Wildman–Crippen MR) is 103 cm³/mol. The van der Waals surface area contributed by atoms with E-state index in [1.807, 2.05) is 74.3 Å². The molecule has 2 aromatic carbocycles. The van der Waals surface area contributed by atoms with Gasteiger partial charge in [0.05, 0.1) is 6.10 Å². The fraction of sp³-hybridized carbons (Fsp3) is 0.381. The van der Waals surface area contributed by atoms with Crippen molar-refractivity contribution in [3.05, 3.63) is 65.2 Å². The molecule has 0 bridgehead atoms. The summed E-state index contributed by atoms with van der Waals surface area (Å²) < 4.78 is 0. The first-order valence-electron chi connectivity index (χ1n) is 8.70. The van der Waals surface area contributed by atoms with E-state index in [0.29, 0.717) is 13.0 Å². The van der Waals surface area contributed by atoms with Crippen LogP contribution in [0.2, 0.25) is 0 Å². The molecule has 2 rings (SSSR count). The zero-order chi connectivity index (χ0) is 18.4. The standard InChI is InChI=1S/C21H28N2O2/c1-15-10-11-16(2)19(14-15)22-21(25)20(18-8-6-5-7-9-18)23(4)13-12-17(3)24/h5-11,14,17,20,24H,12-13H2,1-4H3,(H,22,25). The van der Waals surface area contributed by atoms with Crippen molar-refractivity contribution >= 4 is 11.6 Å². The number of benzene rings is 2. The maximum atomic E-state index is 13.0. The van der Waals surface area contributed by atoms with Crippen LogP contribution in [0.4, 0.5) is 5.69 Å². The number of carbonyl (C=O) groups excluding carboxylic acids is 1. The largest absolute Gasteiger partial charge is 0.393 e. The molecule has 0 aliphatic rings. The summed E-state index contributed by atoms with van der Waals surface area (Å²) >= 11 is 0. The average molecular weight is 340 g/mol. The number of aryl methyl sites for hydroxylation is 2. The van der Waals surface area contributed by atoms with Crippen LogP contribution >= 0.6 is 0 Å². The van der Waals surface area contributed by atoms with E-state index in [9.17, 15) is 9.90 Å². The zero-order valence-corrected chi connectivity index (χ0v) is 15.5. The molecular formula is C21H28N2O2. The Hall–Kier alpha value is -2.17. The SMILES string of the molecule is Cc1ccc(C)c(NC(=O)C(c2ccccc2)N(C)CCC(C)O)c1. The number of aliphatic hydroxyl groups is 1. The topological polar surface area (TPSA) is 52.6 Å². The van der Waals surface area contributed by atoms with Crippen LogP contribution in [0, 0.1) is 13.8 Å². The maximum absolute atomic E-state index is 13.0. The Kier molecular flexibility index (Phi) is 6.73. The van der Waals surface area contributed by atoms with Gasteiger partial charge in [-0.2, -0.15) is 0 Å². The van der Waals surface area contributed by atoms with Gasteiger partial charge < -0.3 is 10.4 Å². The predicted octanol–water partition coefficient (Wildman–Crippen LogP) is 3.69. The van der Waals surface area contributed by atoms with E-state index in [4.69, 9.17) is 0 Å². The monoisotopic (exact) mass is 340 g/mol. The lowest BCUT2D eigenvalue weighted by atomic mass is 10.0. The van der Waals surface area contributed by atoms with Crippen LogP contribution in [-0.4, -0.2) is 35.6 Å². The third kappa shape index (κ3) is 5.41. The van der Waals surface area contributed by atoms with Gasteiger partial charge in [0.25, 0.3) is 0 Å². The van der Waals surface area contributed by atoms with E-state index < -0.39 is 6.04 Å². The minimum atomic E-state index is -0.403. The molecule has 2 unspecified atom stereocenters. The van der Waals surface area contributed by atoms with E-state index in [1.54, 1.807) is 6.92 Å². The summed E-state index contributed by atoms with van der Waals surface area (Å²) in [7, 11) is 1.92. The highest BCUT2D eigenvalue weighted by atomic mass is 16.3. The summed E-state index contributed by atoms with van der Waals surface area (Å²) in [4.78, 5) is 15.0. The van der Waals surface area contributed by atoms with Crippen LogP contribution in [0.15, 0.2) is 48.5 Å². The normalized spacial score (nSPS) is 13.5. The molecule has 2 aromatic rings. The molecule has 25 heavy (non-hydrogen) atoms. The van der Waals surface area contributed by atoms with E-state index in [2.05, 4.69) is 5.32 Å². The average Bonchev–Trinajstić information content (AvgIpc) is 2.57. The summed E-state index contributed by atoms with van der Waals surface area (Å²) in [6, 6.07) is 15.4. The number of likely N-dealkylation sites (N-methyl/N-ethyl adjacent to an activating group) is 1. The number of nitrogens with zero attached hydrogens (tertiary/aromatic N) is 1. The molecule has 0 fully saturated rings. The van der Waals surface area contributed by atoms with Crippen molar-refractivity contribution in [1.82, 2.24) is 4.90 Å². The van der Waals surface area contributed by atoms with Crippen molar-refractivity contribution in [2.45, 2.75) is 39.3 Å². The lowest BCUT2D eigenvalue weighted by Crippen LogP contribution is -2.36. The van der Waals surface area contributed by atoms with E-state index in [0.717, 1.165) is 22.4 Å². The minimum absolute atomic E-state index is 0.0620. The number of amides is 1. The van der Waals surface area contributed by atoms with Gasteiger partial charge >= 0.3 is 0 Å². The van der Waals surface area contributed by atoms with Crippen LogP contribution in [0.5, 0.6) is 0 Å². The molecule has 1 amide bonds. The third-order valence-electron chi connectivity index (χ3n) is 4.35. The Balaban J connectivity index is 2.24. The highest BCUT2D eigenvalue weighted by Crippen LogP contribution is 2.24. The lowest BCUT2D eigenvalue weighted by molar-refractivity contribution is -0.121. The molecule has 4 nitrogen and oxygen atoms in total. The van der Waals surface area contributed by atoms with Crippen molar-refractivity contribution in [3.63, 3.8) is 0 Å². The van der Waals surface area contributed by atoms with Gasteiger partial charge in [-0.05, 0) is 57.0 Å². The first-order valence-corrected chi connectivity index (χ1v) is 8.70. The van der Waals surface area contributed by atoms with Gasteiger partial charge in [0.1, 0.15) is 6.04 Å². The second-order valence-corrected chi connectivity index (χ2v) is 6.74. The van der Waals surface area contributed by atoms with Gasteiger partial charge in [-0.1, -0.05) is 42.5 Å². The summed E-state index contributed by atoms with van der Waals surface area (Å²) in [5.74, 6) is -0.0620. The van der Waals surface area contributed by atoms with Gasteiger partial charge in [-0.25, -0.2) is 0 Å². The number of nitrogens with one attached hydrogen (secondary N) is 1. The molecule has 0 aliphatic carbocycles. The van der Waals surface area contributed by atoms with E-state index in [1.165, 1.54) is 0 Å². The van der Waals surface area contributed by atoms with Crippen molar-refractivity contribution < 1.29 is 9.90 Å². The Labute approximate surface area is 150 Å². The molecule has 0 heterocycles. The first-order chi connectivity index (χ1) is 11.9. The number of carbonyl (C=O) groups is 1. The quantitative estimate of drug-likeness (QED) is 0.808. The van der Waals surface area contributed by atoms with Crippen molar-refractivity contribution in [1.29, 1.82) is 0 Å². The van der Waals surface area contributed by atoms with Crippen molar-refractivity contribution in [2.24, 2.45) is 0 Å². The molecular weight excluding hydrogens is 312 g/mol. The summed E-state index contributed by atoms with van der Waals surface area (Å²) in [5, 5.41) is 12.6. The number of rotatable bonds is 7. The third-order valence-corrected chi connectivity index (χ3v) is 4.35. The van der Waals surface area contributed by atoms with E-state index in [-0.39, 0.29) is 12.0 Å². The number of aliphatic hydroxyl groups excluding tert-OH is 1. The van der Waals surface area contributed by atoms with Gasteiger partial charge in [0, 0.05) is 12.2 Å². The van der Waals surface area contributed by atoms with Crippen molar-refractivity contribution in [2.75, 3.05) is 18.9 Å². The second-order valence-electron chi connectivity index (χ2n) is 6.74. The molecule has 134 valence electrons. The van der Waals surface area contributed by atoms with Gasteiger partial charge in [-0.3, -0.25) is 9.69 Å². The number of hydrogen-bond acceptors (Lipinski definition) is 3. The van der Waals surface area contributed by atoms with Gasteiger partial charge in [0.2, 0.25) is 5.91 Å². The van der Waals surface area contributed by atoms with Crippen LogP contribution in [0.25, 0.3) is 0 Å². The molecule has 4 heteroatoms. The van der Waals surface area contributed by atoms with Crippen LogP contribution in [0.3, 0.4) is 0 Å². The highest BCUT2D eigenvalue weighted by molar-refractivity contribution is 5.96.